The molecule has 122 valence electrons. The summed E-state index contributed by atoms with van der Waals surface area (Å²) in [6.45, 7) is 8.98. The van der Waals surface area contributed by atoms with Gasteiger partial charge in [0.1, 0.15) is 0 Å². The summed E-state index contributed by atoms with van der Waals surface area (Å²) < 4.78 is 5.05. The van der Waals surface area contributed by atoms with Crippen molar-refractivity contribution in [2.75, 3.05) is 0 Å². The highest BCUT2D eigenvalue weighted by Gasteiger charge is 2.22. The van der Waals surface area contributed by atoms with Crippen LogP contribution in [0.25, 0.3) is 0 Å². The van der Waals surface area contributed by atoms with E-state index in [0.29, 0.717) is 4.88 Å². The molecule has 0 fully saturated rings. The summed E-state index contributed by atoms with van der Waals surface area (Å²) in [5.74, 6) is -0.971. The first-order valence-corrected chi connectivity index (χ1v) is 8.01. The zero-order valence-corrected chi connectivity index (χ0v) is 14.5. The van der Waals surface area contributed by atoms with E-state index in [2.05, 4.69) is 5.32 Å². The molecular weight excluding hydrogens is 302 g/mol. The molecule has 0 radical (unpaired) electrons. The molecule has 22 heavy (non-hydrogen) atoms. The molecule has 0 unspecified atom stereocenters. The van der Waals surface area contributed by atoms with E-state index in [4.69, 9.17) is 4.74 Å². The Labute approximate surface area is 135 Å². The maximum atomic E-state index is 11.9. The first-order chi connectivity index (χ1) is 10.1. The number of hydrogen-bond acceptors (Lipinski definition) is 5. The number of rotatable bonds is 6. The molecular formula is C16H23NO4S. The van der Waals surface area contributed by atoms with Crippen LogP contribution in [0.5, 0.6) is 0 Å². The second-order valence-corrected chi connectivity index (χ2v) is 7.49. The van der Waals surface area contributed by atoms with Crippen molar-refractivity contribution in [1.82, 2.24) is 5.32 Å². The average Bonchev–Trinajstić information content (AvgIpc) is 2.80. The van der Waals surface area contributed by atoms with Crippen molar-refractivity contribution in [3.63, 3.8) is 0 Å². The van der Waals surface area contributed by atoms with Gasteiger partial charge < -0.3 is 10.1 Å². The first-order valence-electron chi connectivity index (χ1n) is 7.19. The number of thiophene rings is 1. The Balaban J connectivity index is 2.40. The van der Waals surface area contributed by atoms with Gasteiger partial charge >= 0.3 is 5.97 Å². The van der Waals surface area contributed by atoms with Gasteiger partial charge in [-0.15, -0.1) is 11.3 Å². The molecule has 1 heterocycles. The Bertz CT molecular complexity index is 557. The van der Waals surface area contributed by atoms with Crippen LogP contribution in [0.3, 0.4) is 0 Å². The minimum atomic E-state index is -0.870. The average molecular weight is 325 g/mol. The van der Waals surface area contributed by atoms with Crippen LogP contribution in [0.15, 0.2) is 12.1 Å². The monoisotopic (exact) mass is 325 g/mol. The molecule has 5 nitrogen and oxygen atoms in total. The van der Waals surface area contributed by atoms with Crippen molar-refractivity contribution in [3.8, 4) is 0 Å². The topological polar surface area (TPSA) is 72.5 Å². The van der Waals surface area contributed by atoms with E-state index < -0.39 is 12.1 Å². The van der Waals surface area contributed by atoms with Crippen molar-refractivity contribution in [3.05, 3.63) is 21.9 Å². The van der Waals surface area contributed by atoms with E-state index in [9.17, 15) is 14.4 Å². The first kappa shape index (κ1) is 18.4. The Kier molecular flexibility index (Phi) is 6.29. The van der Waals surface area contributed by atoms with Gasteiger partial charge in [0.05, 0.1) is 11.3 Å². The van der Waals surface area contributed by atoms with Crippen LogP contribution in [0.2, 0.25) is 0 Å². The number of aryl methyl sites for hydroxylation is 1. The third-order valence-electron chi connectivity index (χ3n) is 2.75. The second kappa shape index (κ2) is 7.54. The molecule has 1 aromatic heterocycles. The molecule has 1 atom stereocenters. The van der Waals surface area contributed by atoms with Crippen molar-refractivity contribution in [1.29, 1.82) is 0 Å². The van der Waals surface area contributed by atoms with Crippen molar-refractivity contribution in [2.45, 2.75) is 59.1 Å². The second-order valence-electron chi connectivity index (χ2n) is 6.20. The lowest BCUT2D eigenvalue weighted by molar-refractivity contribution is -0.155. The molecule has 0 saturated heterocycles. The molecule has 0 aromatic carbocycles. The third kappa shape index (κ3) is 6.39. The highest BCUT2D eigenvalue weighted by atomic mass is 32.1. The van der Waals surface area contributed by atoms with Crippen LogP contribution in [0, 0.1) is 6.92 Å². The molecule has 0 bridgehead atoms. The number of hydrogen-bond donors (Lipinski definition) is 1. The molecule has 1 aromatic rings. The third-order valence-corrected chi connectivity index (χ3v) is 3.79. The van der Waals surface area contributed by atoms with Crippen LogP contribution in [0.1, 0.15) is 55.1 Å². The van der Waals surface area contributed by atoms with Gasteiger partial charge in [0.2, 0.25) is 0 Å². The minimum absolute atomic E-state index is 0.0249. The normalized spacial score (nSPS) is 12.6. The van der Waals surface area contributed by atoms with Crippen molar-refractivity contribution >= 4 is 29.0 Å². The zero-order chi connectivity index (χ0) is 16.9. The van der Waals surface area contributed by atoms with Gasteiger partial charge in [-0.3, -0.25) is 14.4 Å². The quantitative estimate of drug-likeness (QED) is 0.645. The number of esters is 1. The maximum Gasteiger partial charge on any atom is 0.307 e. The fraction of sp³-hybridized carbons (Fsp3) is 0.562. The smallest absolute Gasteiger partial charge is 0.307 e. The molecule has 1 rings (SSSR count). The lowest BCUT2D eigenvalue weighted by Crippen LogP contribution is -2.46. The van der Waals surface area contributed by atoms with E-state index in [1.54, 1.807) is 6.07 Å². The maximum absolute atomic E-state index is 11.9. The number of carbonyl (C=O) groups is 3. The molecule has 1 N–H and O–H groups in total. The summed E-state index contributed by atoms with van der Waals surface area (Å²) in [6, 6.07) is 3.63. The summed E-state index contributed by atoms with van der Waals surface area (Å²) in [5, 5.41) is 2.74. The number of ketones is 1. The van der Waals surface area contributed by atoms with E-state index >= 15 is 0 Å². The van der Waals surface area contributed by atoms with Crippen LogP contribution >= 0.6 is 11.3 Å². The molecule has 0 aliphatic heterocycles. The predicted molar refractivity (Wildman–Crippen MR) is 86.1 cm³/mol. The zero-order valence-electron chi connectivity index (χ0n) is 13.7. The molecule has 0 aliphatic carbocycles. The predicted octanol–water partition coefficient (Wildman–Crippen LogP) is 2.87. The highest BCUT2D eigenvalue weighted by Crippen LogP contribution is 2.17. The van der Waals surface area contributed by atoms with Crippen LogP contribution < -0.4 is 5.32 Å². The van der Waals surface area contributed by atoms with Gasteiger partial charge in [-0.1, -0.05) is 0 Å². The lowest BCUT2D eigenvalue weighted by Gasteiger charge is -2.23. The fourth-order valence-electron chi connectivity index (χ4n) is 1.70. The molecule has 0 aliphatic rings. The number of nitrogens with one attached hydrogen (secondary N) is 1. The summed E-state index contributed by atoms with van der Waals surface area (Å²) >= 11 is 1.41. The molecule has 0 saturated carbocycles. The molecule has 1 amide bonds. The largest absolute Gasteiger partial charge is 0.453 e. The molecule has 0 spiro atoms. The standard InChI is InChI=1S/C16H23NO4S/c1-10-6-8-13(22-10)12(18)7-9-14(19)21-11(2)15(20)17-16(3,4)5/h6,8,11H,7,9H2,1-5H3,(H,17,20)/t11-/m0/s1. The summed E-state index contributed by atoms with van der Waals surface area (Å²) in [6.07, 6.45) is -0.805. The van der Waals surface area contributed by atoms with E-state index in [-0.39, 0.29) is 30.1 Å². The highest BCUT2D eigenvalue weighted by molar-refractivity contribution is 7.14. The molecule has 6 heteroatoms. The van der Waals surface area contributed by atoms with Crippen molar-refractivity contribution in [2.24, 2.45) is 0 Å². The van der Waals surface area contributed by atoms with Gasteiger partial charge in [-0.05, 0) is 46.8 Å². The minimum Gasteiger partial charge on any atom is -0.453 e. The van der Waals surface area contributed by atoms with Gasteiger partial charge in [-0.2, -0.15) is 0 Å². The van der Waals surface area contributed by atoms with Crippen LogP contribution in [-0.4, -0.2) is 29.3 Å². The van der Waals surface area contributed by atoms with Crippen LogP contribution in [0.4, 0.5) is 0 Å². The number of ether oxygens (including phenoxy) is 1. The number of amides is 1. The number of Topliss-reactive ketones (excluding diaryl/α,β-unsaturated/α-hetero) is 1. The number of carbonyl (C=O) groups excluding carboxylic acids is 3. The van der Waals surface area contributed by atoms with Crippen molar-refractivity contribution < 1.29 is 19.1 Å². The van der Waals surface area contributed by atoms with E-state index in [1.807, 2.05) is 33.8 Å². The fourth-order valence-corrected chi connectivity index (χ4v) is 2.54. The summed E-state index contributed by atoms with van der Waals surface area (Å²) in [4.78, 5) is 37.1. The SMILES string of the molecule is Cc1ccc(C(=O)CCC(=O)O[C@@H](C)C(=O)NC(C)(C)C)s1. The Morgan fingerprint density at radius 3 is 2.36 bits per heavy atom. The van der Waals surface area contributed by atoms with Gasteiger partial charge in [0.25, 0.3) is 5.91 Å². The lowest BCUT2D eigenvalue weighted by atomic mass is 10.1. The van der Waals surface area contributed by atoms with Gasteiger partial charge in [0, 0.05) is 16.8 Å². The Morgan fingerprint density at radius 1 is 1.23 bits per heavy atom. The Hall–Kier alpha value is -1.69. The summed E-state index contributed by atoms with van der Waals surface area (Å²) in [5.41, 5.74) is -0.384. The van der Waals surface area contributed by atoms with Gasteiger partial charge in [-0.25, -0.2) is 0 Å². The van der Waals surface area contributed by atoms with Gasteiger partial charge in [0.15, 0.2) is 11.9 Å². The summed E-state index contributed by atoms with van der Waals surface area (Å²) in [7, 11) is 0. The van der Waals surface area contributed by atoms with Crippen LogP contribution in [-0.2, 0) is 14.3 Å². The van der Waals surface area contributed by atoms with E-state index in [1.165, 1.54) is 18.3 Å². The van der Waals surface area contributed by atoms with E-state index in [0.717, 1.165) is 4.88 Å². The Morgan fingerprint density at radius 2 is 1.86 bits per heavy atom.